The third-order valence-electron chi connectivity index (χ3n) is 4.55. The lowest BCUT2D eigenvalue weighted by molar-refractivity contribution is 0.0910. The van der Waals surface area contributed by atoms with Crippen molar-refractivity contribution in [2.45, 2.75) is 53.2 Å². The molecule has 0 fully saturated rings. The molecule has 6 nitrogen and oxygen atoms in total. The van der Waals surface area contributed by atoms with Crippen LogP contribution >= 0.6 is 0 Å². The van der Waals surface area contributed by atoms with E-state index in [2.05, 4.69) is 15.2 Å². The van der Waals surface area contributed by atoms with E-state index in [-0.39, 0.29) is 6.04 Å². The molecule has 0 amide bonds. The van der Waals surface area contributed by atoms with Gasteiger partial charge in [0.2, 0.25) is 0 Å². The Morgan fingerprint density at radius 1 is 1.14 bits per heavy atom. The van der Waals surface area contributed by atoms with Gasteiger partial charge in [0, 0.05) is 17.4 Å². The Hall–Kier alpha value is -2.96. The largest absolute Gasteiger partial charge is 0.478 e. The third kappa shape index (κ3) is 3.69. The zero-order chi connectivity index (χ0) is 20.6. The van der Waals surface area contributed by atoms with E-state index in [0.29, 0.717) is 28.6 Å². The molecule has 0 aliphatic rings. The summed E-state index contributed by atoms with van der Waals surface area (Å²) in [6, 6.07) is 6.53. The van der Waals surface area contributed by atoms with Crippen LogP contribution in [0.4, 0.5) is 10.1 Å². The molecule has 3 rings (SSSR count). The number of rotatable bonds is 5. The lowest BCUT2D eigenvalue weighted by Gasteiger charge is -2.28. The van der Waals surface area contributed by atoms with Gasteiger partial charge >= 0.3 is 0 Å². The highest BCUT2D eigenvalue weighted by Gasteiger charge is 2.33. The molecular formula is C21H26FN5O. The number of nitrogen functional groups attached to an aromatic ring is 1. The molecule has 2 N–H and O–H groups in total. The number of anilines is 1. The molecule has 0 saturated carbocycles. The average molecular weight is 383 g/mol. The van der Waals surface area contributed by atoms with Crippen molar-refractivity contribution in [2.75, 3.05) is 5.73 Å². The summed E-state index contributed by atoms with van der Waals surface area (Å²) >= 11 is 0. The standard InChI is InChI=1S/C21H26FN5O/c1-12(2)27-19(16-8-7-15(23)10-17(16)22)25-26-20(27)21(5,6)28-18-11-24-14(4)9-13(18)3/h7-12H,23H2,1-6H3. The van der Waals surface area contributed by atoms with Crippen LogP contribution in [0.5, 0.6) is 5.75 Å². The highest BCUT2D eigenvalue weighted by atomic mass is 19.1. The Morgan fingerprint density at radius 3 is 2.46 bits per heavy atom. The second kappa shape index (κ2) is 7.22. The summed E-state index contributed by atoms with van der Waals surface area (Å²) in [6.07, 6.45) is 1.71. The Labute approximate surface area is 164 Å². The molecule has 2 heterocycles. The minimum atomic E-state index is -0.804. The van der Waals surface area contributed by atoms with Crippen molar-refractivity contribution in [3.8, 4) is 17.1 Å². The van der Waals surface area contributed by atoms with Crippen molar-refractivity contribution in [1.29, 1.82) is 0 Å². The molecule has 0 saturated heterocycles. The summed E-state index contributed by atoms with van der Waals surface area (Å²) < 4.78 is 22.7. The number of hydrogen-bond acceptors (Lipinski definition) is 5. The van der Waals surface area contributed by atoms with Crippen molar-refractivity contribution in [3.63, 3.8) is 0 Å². The topological polar surface area (TPSA) is 78.9 Å². The Kier molecular flexibility index (Phi) is 5.10. The normalized spacial score (nSPS) is 11.9. The summed E-state index contributed by atoms with van der Waals surface area (Å²) in [5.74, 6) is 1.29. The van der Waals surface area contributed by atoms with E-state index >= 15 is 0 Å². The van der Waals surface area contributed by atoms with Crippen LogP contribution < -0.4 is 10.5 Å². The Morgan fingerprint density at radius 2 is 1.86 bits per heavy atom. The van der Waals surface area contributed by atoms with E-state index in [0.717, 1.165) is 11.3 Å². The van der Waals surface area contributed by atoms with E-state index in [1.807, 2.05) is 52.2 Å². The lowest BCUT2D eigenvalue weighted by atomic mass is 10.1. The second-order valence-electron chi connectivity index (χ2n) is 7.75. The molecule has 0 aliphatic heterocycles. The van der Waals surface area contributed by atoms with Gasteiger partial charge < -0.3 is 15.0 Å². The number of nitrogens with zero attached hydrogens (tertiary/aromatic N) is 4. The van der Waals surface area contributed by atoms with Crippen molar-refractivity contribution in [1.82, 2.24) is 19.7 Å². The van der Waals surface area contributed by atoms with E-state index < -0.39 is 11.4 Å². The number of pyridine rings is 1. The van der Waals surface area contributed by atoms with E-state index in [1.165, 1.54) is 6.07 Å². The molecule has 0 bridgehead atoms. The number of benzene rings is 1. The molecule has 0 atom stereocenters. The molecular weight excluding hydrogens is 357 g/mol. The molecule has 0 radical (unpaired) electrons. The number of hydrogen-bond donors (Lipinski definition) is 1. The van der Waals surface area contributed by atoms with Crippen molar-refractivity contribution in [3.05, 3.63) is 53.4 Å². The van der Waals surface area contributed by atoms with Crippen molar-refractivity contribution in [2.24, 2.45) is 0 Å². The van der Waals surface area contributed by atoms with Crippen LogP contribution in [0.1, 0.15) is 50.8 Å². The highest BCUT2D eigenvalue weighted by Crippen LogP contribution is 2.33. The van der Waals surface area contributed by atoms with Gasteiger partial charge in [0.1, 0.15) is 11.6 Å². The molecule has 2 aromatic heterocycles. The number of aromatic nitrogens is 4. The van der Waals surface area contributed by atoms with Crippen LogP contribution in [0.15, 0.2) is 30.5 Å². The summed E-state index contributed by atoms with van der Waals surface area (Å²) in [5.41, 5.74) is 7.50. The first kappa shape index (κ1) is 19.8. The van der Waals surface area contributed by atoms with Crippen molar-refractivity contribution >= 4 is 5.69 Å². The van der Waals surface area contributed by atoms with Gasteiger partial charge in [0.15, 0.2) is 17.2 Å². The molecule has 7 heteroatoms. The minimum absolute atomic E-state index is 0.00271. The lowest BCUT2D eigenvalue weighted by Crippen LogP contribution is -2.31. The first-order chi connectivity index (χ1) is 13.1. The maximum atomic E-state index is 14.5. The van der Waals surface area contributed by atoms with Gasteiger partial charge in [-0.3, -0.25) is 4.98 Å². The van der Waals surface area contributed by atoms with Crippen LogP contribution in [0, 0.1) is 19.7 Å². The zero-order valence-corrected chi connectivity index (χ0v) is 17.1. The maximum absolute atomic E-state index is 14.5. The zero-order valence-electron chi connectivity index (χ0n) is 17.1. The van der Waals surface area contributed by atoms with Gasteiger partial charge in [-0.1, -0.05) is 0 Å². The second-order valence-corrected chi connectivity index (χ2v) is 7.75. The van der Waals surface area contributed by atoms with Crippen LogP contribution in [0.25, 0.3) is 11.4 Å². The Balaban J connectivity index is 2.07. The average Bonchev–Trinajstić information content (AvgIpc) is 3.03. The number of nitrogens with two attached hydrogens (primary N) is 1. The van der Waals surface area contributed by atoms with Gasteiger partial charge in [-0.25, -0.2) is 4.39 Å². The highest BCUT2D eigenvalue weighted by molar-refractivity contribution is 5.60. The first-order valence-corrected chi connectivity index (χ1v) is 9.23. The summed E-state index contributed by atoms with van der Waals surface area (Å²) in [7, 11) is 0. The maximum Gasteiger partial charge on any atom is 0.177 e. The fourth-order valence-electron chi connectivity index (χ4n) is 3.20. The first-order valence-electron chi connectivity index (χ1n) is 9.23. The SMILES string of the molecule is Cc1cc(C)c(OC(C)(C)c2nnc(-c3ccc(N)cc3F)n2C(C)C)cn1. The Bertz CT molecular complexity index is 1010. The number of ether oxygens (including phenoxy) is 1. The van der Waals surface area contributed by atoms with Crippen LogP contribution in [-0.4, -0.2) is 19.7 Å². The predicted molar refractivity (Wildman–Crippen MR) is 108 cm³/mol. The van der Waals surface area contributed by atoms with Gasteiger partial charge in [0.05, 0.1) is 11.8 Å². The molecule has 0 unspecified atom stereocenters. The fourth-order valence-corrected chi connectivity index (χ4v) is 3.20. The smallest absolute Gasteiger partial charge is 0.177 e. The molecule has 148 valence electrons. The number of halogens is 1. The molecule has 1 aromatic carbocycles. The van der Waals surface area contributed by atoms with Gasteiger partial charge in [-0.05, 0) is 71.4 Å². The van der Waals surface area contributed by atoms with Crippen LogP contribution in [0.2, 0.25) is 0 Å². The predicted octanol–water partition coefficient (Wildman–Crippen LogP) is 4.57. The molecule has 28 heavy (non-hydrogen) atoms. The van der Waals surface area contributed by atoms with Gasteiger partial charge in [0.25, 0.3) is 0 Å². The van der Waals surface area contributed by atoms with Gasteiger partial charge in [-0.2, -0.15) is 0 Å². The van der Waals surface area contributed by atoms with Crippen LogP contribution in [-0.2, 0) is 5.60 Å². The quantitative estimate of drug-likeness (QED) is 0.653. The minimum Gasteiger partial charge on any atom is -0.478 e. The fraction of sp³-hybridized carbons (Fsp3) is 0.381. The number of aryl methyl sites for hydroxylation is 2. The molecule has 0 spiro atoms. The summed E-state index contributed by atoms with van der Waals surface area (Å²) in [5, 5.41) is 8.64. The van der Waals surface area contributed by atoms with E-state index in [4.69, 9.17) is 10.5 Å². The van der Waals surface area contributed by atoms with Crippen molar-refractivity contribution < 1.29 is 9.13 Å². The van der Waals surface area contributed by atoms with E-state index in [1.54, 1.807) is 18.3 Å². The molecule has 0 aliphatic carbocycles. The van der Waals surface area contributed by atoms with Crippen LogP contribution in [0.3, 0.4) is 0 Å². The monoisotopic (exact) mass is 383 g/mol. The van der Waals surface area contributed by atoms with E-state index in [9.17, 15) is 4.39 Å². The molecule has 3 aromatic rings. The summed E-state index contributed by atoms with van der Waals surface area (Å²) in [4.78, 5) is 4.32. The van der Waals surface area contributed by atoms with Gasteiger partial charge in [-0.15, -0.1) is 10.2 Å². The third-order valence-corrected chi connectivity index (χ3v) is 4.55. The summed E-state index contributed by atoms with van der Waals surface area (Å²) in [6.45, 7) is 11.7.